The van der Waals surface area contributed by atoms with Gasteiger partial charge in [0.25, 0.3) is 0 Å². The van der Waals surface area contributed by atoms with E-state index in [0.29, 0.717) is 0 Å². The van der Waals surface area contributed by atoms with Gasteiger partial charge in [-0.3, -0.25) is 9.59 Å². The molecule has 0 unspecified atom stereocenters. The highest BCUT2D eigenvalue weighted by atomic mass is 35.5. The normalized spacial score (nSPS) is 15.7. The molecule has 0 atom stereocenters. The number of nitrogens with zero attached hydrogens (tertiary/aromatic N) is 2. The molecule has 1 heterocycles. The van der Waals surface area contributed by atoms with Crippen LogP contribution in [0.2, 0.25) is 0 Å². The van der Waals surface area contributed by atoms with E-state index in [1.807, 2.05) is 0 Å². The lowest BCUT2D eigenvalue weighted by atomic mass is 10.4. The summed E-state index contributed by atoms with van der Waals surface area (Å²) < 4.78 is 0. The SMILES string of the molecule is CN(CC(=O)N1CCCC1)C(=O)CCl. The Labute approximate surface area is 88.8 Å². The summed E-state index contributed by atoms with van der Waals surface area (Å²) in [4.78, 5) is 25.8. The average molecular weight is 219 g/mol. The van der Waals surface area contributed by atoms with Crippen LogP contribution in [-0.2, 0) is 9.59 Å². The van der Waals surface area contributed by atoms with Gasteiger partial charge in [-0.2, -0.15) is 0 Å². The average Bonchev–Trinajstić information content (AvgIpc) is 2.69. The zero-order valence-electron chi connectivity index (χ0n) is 8.33. The summed E-state index contributed by atoms with van der Waals surface area (Å²) in [6.07, 6.45) is 2.14. The number of likely N-dealkylation sites (N-methyl/N-ethyl adjacent to an activating group) is 1. The van der Waals surface area contributed by atoms with Crippen LogP contribution in [0.5, 0.6) is 0 Å². The van der Waals surface area contributed by atoms with Crippen LogP contribution in [0.1, 0.15) is 12.8 Å². The molecule has 0 aliphatic carbocycles. The van der Waals surface area contributed by atoms with Crippen molar-refractivity contribution in [3.63, 3.8) is 0 Å². The van der Waals surface area contributed by atoms with E-state index >= 15 is 0 Å². The van der Waals surface area contributed by atoms with Crippen LogP contribution in [0.3, 0.4) is 0 Å². The van der Waals surface area contributed by atoms with E-state index in [2.05, 4.69) is 0 Å². The summed E-state index contributed by atoms with van der Waals surface area (Å²) in [6.45, 7) is 1.79. The van der Waals surface area contributed by atoms with E-state index in [4.69, 9.17) is 11.6 Å². The third-order valence-electron chi connectivity index (χ3n) is 2.37. The molecule has 0 saturated carbocycles. The standard InChI is InChI=1S/C9H15ClN2O2/c1-11(8(13)6-10)7-9(14)12-4-2-3-5-12/h2-7H2,1H3. The summed E-state index contributed by atoms with van der Waals surface area (Å²) in [7, 11) is 1.60. The van der Waals surface area contributed by atoms with E-state index in [0.717, 1.165) is 25.9 Å². The lowest BCUT2D eigenvalue weighted by Gasteiger charge is -2.20. The molecule has 4 nitrogen and oxygen atoms in total. The van der Waals surface area contributed by atoms with E-state index in [1.165, 1.54) is 4.90 Å². The number of rotatable bonds is 3. The van der Waals surface area contributed by atoms with Crippen LogP contribution in [0.25, 0.3) is 0 Å². The molecule has 0 N–H and O–H groups in total. The van der Waals surface area contributed by atoms with E-state index in [9.17, 15) is 9.59 Å². The molecule has 0 aromatic rings. The van der Waals surface area contributed by atoms with Crippen molar-refractivity contribution >= 4 is 23.4 Å². The van der Waals surface area contributed by atoms with Crippen LogP contribution in [0.4, 0.5) is 0 Å². The number of hydrogen-bond donors (Lipinski definition) is 0. The molecule has 0 bridgehead atoms. The third-order valence-corrected chi connectivity index (χ3v) is 2.60. The molecular weight excluding hydrogens is 204 g/mol. The van der Waals surface area contributed by atoms with Crippen LogP contribution < -0.4 is 0 Å². The Hall–Kier alpha value is -0.770. The summed E-state index contributed by atoms with van der Waals surface area (Å²) in [6, 6.07) is 0. The zero-order valence-corrected chi connectivity index (χ0v) is 9.09. The van der Waals surface area contributed by atoms with Crippen molar-refractivity contribution in [1.29, 1.82) is 0 Å². The van der Waals surface area contributed by atoms with Crippen molar-refractivity contribution in [2.75, 3.05) is 32.6 Å². The molecule has 1 aliphatic heterocycles. The van der Waals surface area contributed by atoms with E-state index in [-0.39, 0.29) is 24.2 Å². The number of halogens is 1. The maximum Gasteiger partial charge on any atom is 0.242 e. The fourth-order valence-corrected chi connectivity index (χ4v) is 1.66. The van der Waals surface area contributed by atoms with Gasteiger partial charge in [-0.1, -0.05) is 0 Å². The first-order valence-electron chi connectivity index (χ1n) is 4.73. The molecule has 0 aromatic heterocycles. The highest BCUT2D eigenvalue weighted by Gasteiger charge is 2.20. The minimum atomic E-state index is -0.209. The Morgan fingerprint density at radius 1 is 1.36 bits per heavy atom. The Morgan fingerprint density at radius 2 is 1.93 bits per heavy atom. The molecular formula is C9H15ClN2O2. The highest BCUT2D eigenvalue weighted by Crippen LogP contribution is 2.07. The Morgan fingerprint density at radius 3 is 2.43 bits per heavy atom. The maximum atomic E-state index is 11.6. The number of carbonyl (C=O) groups is 2. The quantitative estimate of drug-likeness (QED) is 0.640. The second kappa shape index (κ2) is 5.20. The summed E-state index contributed by atoms with van der Waals surface area (Å²) in [5.41, 5.74) is 0. The van der Waals surface area contributed by atoms with Crippen molar-refractivity contribution in [2.24, 2.45) is 0 Å². The molecule has 5 heteroatoms. The lowest BCUT2D eigenvalue weighted by molar-refractivity contribution is -0.137. The number of likely N-dealkylation sites (tertiary alicyclic amines) is 1. The Bertz CT molecular complexity index is 227. The van der Waals surface area contributed by atoms with Crippen LogP contribution in [0, 0.1) is 0 Å². The van der Waals surface area contributed by atoms with Gasteiger partial charge in [0.05, 0.1) is 6.54 Å². The third kappa shape index (κ3) is 2.87. The lowest BCUT2D eigenvalue weighted by Crippen LogP contribution is -2.40. The van der Waals surface area contributed by atoms with Gasteiger partial charge in [0, 0.05) is 20.1 Å². The van der Waals surface area contributed by atoms with Crippen molar-refractivity contribution in [2.45, 2.75) is 12.8 Å². The fraction of sp³-hybridized carbons (Fsp3) is 0.778. The maximum absolute atomic E-state index is 11.6. The Kier molecular flexibility index (Phi) is 4.20. The predicted octanol–water partition coefficient (Wildman–Crippen LogP) is 0.306. The second-order valence-corrected chi connectivity index (χ2v) is 3.74. The first-order valence-corrected chi connectivity index (χ1v) is 5.26. The molecule has 80 valence electrons. The summed E-state index contributed by atoms with van der Waals surface area (Å²) in [5, 5.41) is 0. The van der Waals surface area contributed by atoms with Gasteiger partial charge in [0.2, 0.25) is 11.8 Å². The highest BCUT2D eigenvalue weighted by molar-refractivity contribution is 6.27. The van der Waals surface area contributed by atoms with Crippen molar-refractivity contribution in [1.82, 2.24) is 9.80 Å². The predicted molar refractivity (Wildman–Crippen MR) is 54.2 cm³/mol. The number of amides is 2. The molecule has 0 aromatic carbocycles. The number of carbonyl (C=O) groups excluding carboxylic acids is 2. The zero-order chi connectivity index (χ0) is 10.6. The van der Waals surface area contributed by atoms with Crippen LogP contribution in [-0.4, -0.2) is 54.2 Å². The molecule has 0 spiro atoms. The molecule has 1 saturated heterocycles. The van der Waals surface area contributed by atoms with Gasteiger partial charge < -0.3 is 9.80 Å². The molecule has 1 rings (SSSR count). The first kappa shape index (κ1) is 11.3. The van der Waals surface area contributed by atoms with Gasteiger partial charge in [-0.05, 0) is 12.8 Å². The Balaban J connectivity index is 2.35. The summed E-state index contributed by atoms with van der Waals surface area (Å²) in [5.74, 6) is -0.258. The second-order valence-electron chi connectivity index (χ2n) is 3.47. The van der Waals surface area contributed by atoms with Gasteiger partial charge in [0.1, 0.15) is 5.88 Å². The molecule has 0 radical (unpaired) electrons. The minimum absolute atomic E-state index is 0.0171. The van der Waals surface area contributed by atoms with Crippen LogP contribution in [0.15, 0.2) is 0 Å². The monoisotopic (exact) mass is 218 g/mol. The van der Waals surface area contributed by atoms with Crippen molar-refractivity contribution < 1.29 is 9.59 Å². The van der Waals surface area contributed by atoms with Crippen molar-refractivity contribution in [3.8, 4) is 0 Å². The van der Waals surface area contributed by atoms with Crippen LogP contribution >= 0.6 is 11.6 Å². The largest absolute Gasteiger partial charge is 0.341 e. The van der Waals surface area contributed by atoms with Crippen molar-refractivity contribution in [3.05, 3.63) is 0 Å². The van der Waals surface area contributed by atoms with Gasteiger partial charge in [0.15, 0.2) is 0 Å². The minimum Gasteiger partial charge on any atom is -0.341 e. The molecule has 1 fully saturated rings. The smallest absolute Gasteiger partial charge is 0.242 e. The topological polar surface area (TPSA) is 40.6 Å². The molecule has 1 aliphatic rings. The summed E-state index contributed by atoms with van der Waals surface area (Å²) >= 11 is 5.37. The fourth-order valence-electron chi connectivity index (χ4n) is 1.46. The molecule has 14 heavy (non-hydrogen) atoms. The first-order chi connectivity index (χ1) is 6.65. The number of alkyl halides is 1. The van der Waals surface area contributed by atoms with E-state index in [1.54, 1.807) is 11.9 Å². The molecule has 2 amide bonds. The van der Waals surface area contributed by atoms with E-state index < -0.39 is 0 Å². The number of hydrogen-bond acceptors (Lipinski definition) is 2. The van der Waals surface area contributed by atoms with Gasteiger partial charge >= 0.3 is 0 Å². The van der Waals surface area contributed by atoms with Gasteiger partial charge in [-0.25, -0.2) is 0 Å². The van der Waals surface area contributed by atoms with Gasteiger partial charge in [-0.15, -0.1) is 11.6 Å².